The number of anilines is 1. The first kappa shape index (κ1) is 15.8. The number of nitrogens with one attached hydrogen (secondary N) is 2. The Balaban J connectivity index is 1.74. The Labute approximate surface area is 133 Å². The zero-order valence-corrected chi connectivity index (χ0v) is 14.1. The van der Waals surface area contributed by atoms with E-state index in [1.54, 1.807) is 6.07 Å². The number of hydrogen-bond acceptors (Lipinski definition) is 3. The fraction of sp³-hybridized carbons (Fsp3) is 0.647. The van der Waals surface area contributed by atoms with Crippen LogP contribution in [0.5, 0.6) is 0 Å². The molecule has 2 N–H and O–H groups in total. The van der Waals surface area contributed by atoms with E-state index >= 15 is 0 Å². The van der Waals surface area contributed by atoms with E-state index in [0.29, 0.717) is 10.9 Å². The quantitative estimate of drug-likeness (QED) is 0.896. The van der Waals surface area contributed by atoms with Crippen molar-refractivity contribution in [1.82, 2.24) is 4.72 Å². The van der Waals surface area contributed by atoms with Gasteiger partial charge in [-0.05, 0) is 49.9 Å². The van der Waals surface area contributed by atoms with Crippen LogP contribution in [0, 0.1) is 0 Å². The van der Waals surface area contributed by atoms with Gasteiger partial charge in [-0.25, -0.2) is 13.1 Å². The Hall–Kier alpha value is -1.07. The molecule has 1 aromatic carbocycles. The molecular formula is C17H26N2O2S. The zero-order valence-electron chi connectivity index (χ0n) is 13.3. The molecule has 2 aliphatic rings. The highest BCUT2D eigenvalue weighted by molar-refractivity contribution is 7.89. The second kappa shape index (κ2) is 6.59. The molecule has 0 amide bonds. The molecule has 1 unspecified atom stereocenters. The molecule has 0 saturated heterocycles. The minimum Gasteiger partial charge on any atom is -0.382 e. The van der Waals surface area contributed by atoms with Crippen molar-refractivity contribution in [3.63, 3.8) is 0 Å². The molecule has 0 aromatic heterocycles. The molecule has 22 heavy (non-hydrogen) atoms. The summed E-state index contributed by atoms with van der Waals surface area (Å²) in [6.07, 6.45) is 8.79. The molecule has 1 atom stereocenters. The maximum Gasteiger partial charge on any atom is 0.240 e. The lowest BCUT2D eigenvalue weighted by atomic mass is 9.97. The van der Waals surface area contributed by atoms with Crippen LogP contribution in [0.2, 0.25) is 0 Å². The third-order valence-electron chi connectivity index (χ3n) is 4.74. The molecule has 122 valence electrons. The molecule has 4 nitrogen and oxygen atoms in total. The Bertz CT molecular complexity index is 620. The van der Waals surface area contributed by atoms with Crippen LogP contribution in [0.15, 0.2) is 23.1 Å². The van der Waals surface area contributed by atoms with Gasteiger partial charge in [0.25, 0.3) is 0 Å². The maximum absolute atomic E-state index is 12.6. The first-order chi connectivity index (χ1) is 10.5. The van der Waals surface area contributed by atoms with E-state index in [0.717, 1.165) is 43.4 Å². The number of sulfonamides is 1. The minimum atomic E-state index is -3.40. The van der Waals surface area contributed by atoms with Crippen molar-refractivity contribution in [1.29, 1.82) is 0 Å². The van der Waals surface area contributed by atoms with E-state index in [2.05, 4.69) is 17.0 Å². The van der Waals surface area contributed by atoms with Crippen molar-refractivity contribution < 1.29 is 8.42 Å². The van der Waals surface area contributed by atoms with Gasteiger partial charge in [-0.3, -0.25) is 0 Å². The van der Waals surface area contributed by atoms with Gasteiger partial charge in [-0.2, -0.15) is 0 Å². The lowest BCUT2D eigenvalue weighted by molar-refractivity contribution is 0.426. The Morgan fingerprint density at radius 1 is 1.09 bits per heavy atom. The van der Waals surface area contributed by atoms with Crippen LogP contribution in [0.3, 0.4) is 0 Å². The van der Waals surface area contributed by atoms with Gasteiger partial charge in [-0.15, -0.1) is 0 Å². The summed E-state index contributed by atoms with van der Waals surface area (Å²) in [5.41, 5.74) is 2.17. The van der Waals surface area contributed by atoms with Gasteiger partial charge in [0.15, 0.2) is 0 Å². The number of rotatable bonds is 3. The van der Waals surface area contributed by atoms with Crippen LogP contribution in [-0.4, -0.2) is 20.5 Å². The average molecular weight is 322 g/mol. The van der Waals surface area contributed by atoms with Crippen molar-refractivity contribution in [2.75, 3.05) is 5.32 Å². The van der Waals surface area contributed by atoms with Crippen molar-refractivity contribution in [3.05, 3.63) is 23.8 Å². The van der Waals surface area contributed by atoms with E-state index in [9.17, 15) is 8.42 Å². The molecule has 1 fully saturated rings. The van der Waals surface area contributed by atoms with Crippen LogP contribution < -0.4 is 10.0 Å². The first-order valence-corrected chi connectivity index (χ1v) is 9.95. The van der Waals surface area contributed by atoms with Gasteiger partial charge in [0.1, 0.15) is 0 Å². The van der Waals surface area contributed by atoms with Crippen LogP contribution >= 0.6 is 0 Å². The molecule has 1 saturated carbocycles. The molecular weight excluding hydrogens is 296 g/mol. The largest absolute Gasteiger partial charge is 0.382 e. The smallest absolute Gasteiger partial charge is 0.240 e. The summed E-state index contributed by atoms with van der Waals surface area (Å²) in [6.45, 7) is 2.11. The van der Waals surface area contributed by atoms with Crippen molar-refractivity contribution in [3.8, 4) is 0 Å². The summed E-state index contributed by atoms with van der Waals surface area (Å²) < 4.78 is 28.2. The third kappa shape index (κ3) is 3.63. The van der Waals surface area contributed by atoms with Crippen LogP contribution in [0.1, 0.15) is 57.4 Å². The van der Waals surface area contributed by atoms with Crippen LogP contribution in [0.25, 0.3) is 0 Å². The van der Waals surface area contributed by atoms with E-state index in [-0.39, 0.29) is 6.04 Å². The standard InChI is InChI=1S/C17H26N2O2S/c1-13-11-14-12-16(9-10-17(14)18-13)22(20,21)19-15-7-5-3-2-4-6-8-15/h9-10,12-13,15,18-19H,2-8,11H2,1H3. The summed E-state index contributed by atoms with van der Waals surface area (Å²) in [5.74, 6) is 0. The number of benzene rings is 1. The van der Waals surface area contributed by atoms with Crippen LogP contribution in [0.4, 0.5) is 5.69 Å². The van der Waals surface area contributed by atoms with E-state index < -0.39 is 10.0 Å². The predicted molar refractivity (Wildman–Crippen MR) is 89.7 cm³/mol. The fourth-order valence-electron chi connectivity index (χ4n) is 3.55. The molecule has 0 bridgehead atoms. The molecule has 1 aliphatic carbocycles. The Kier molecular flexibility index (Phi) is 4.73. The molecule has 1 aliphatic heterocycles. The summed E-state index contributed by atoms with van der Waals surface area (Å²) >= 11 is 0. The van der Waals surface area contributed by atoms with Gasteiger partial charge in [0.05, 0.1) is 4.90 Å². The topological polar surface area (TPSA) is 58.2 Å². The molecule has 0 radical (unpaired) electrons. The fourth-order valence-corrected chi connectivity index (χ4v) is 4.91. The molecule has 5 heteroatoms. The second-order valence-electron chi connectivity index (χ2n) is 6.73. The summed E-state index contributed by atoms with van der Waals surface area (Å²) in [6, 6.07) is 5.92. The van der Waals surface area contributed by atoms with E-state index in [4.69, 9.17) is 0 Å². The van der Waals surface area contributed by atoms with Crippen molar-refractivity contribution >= 4 is 15.7 Å². The second-order valence-corrected chi connectivity index (χ2v) is 8.45. The summed E-state index contributed by atoms with van der Waals surface area (Å²) in [4.78, 5) is 0.407. The summed E-state index contributed by atoms with van der Waals surface area (Å²) in [5, 5.41) is 3.36. The highest BCUT2D eigenvalue weighted by atomic mass is 32.2. The number of fused-ring (bicyclic) bond motifs is 1. The highest BCUT2D eigenvalue weighted by Gasteiger charge is 2.23. The lowest BCUT2D eigenvalue weighted by Gasteiger charge is -2.21. The van der Waals surface area contributed by atoms with Gasteiger partial charge >= 0.3 is 0 Å². The van der Waals surface area contributed by atoms with E-state index in [1.807, 2.05) is 12.1 Å². The van der Waals surface area contributed by atoms with Crippen LogP contribution in [-0.2, 0) is 16.4 Å². The lowest BCUT2D eigenvalue weighted by Crippen LogP contribution is -2.35. The zero-order chi connectivity index (χ0) is 15.6. The normalized spacial score (nSPS) is 23.4. The first-order valence-electron chi connectivity index (χ1n) is 8.46. The molecule has 1 aromatic rings. The maximum atomic E-state index is 12.6. The third-order valence-corrected chi connectivity index (χ3v) is 6.26. The SMILES string of the molecule is CC1Cc2cc(S(=O)(=O)NC3CCCCCCC3)ccc2N1. The molecule has 3 rings (SSSR count). The molecule has 1 heterocycles. The van der Waals surface area contributed by atoms with Gasteiger partial charge in [0, 0.05) is 17.8 Å². The van der Waals surface area contributed by atoms with Crippen molar-refractivity contribution in [2.45, 2.75) is 75.3 Å². The van der Waals surface area contributed by atoms with Crippen molar-refractivity contribution in [2.24, 2.45) is 0 Å². The minimum absolute atomic E-state index is 0.0932. The Morgan fingerprint density at radius 2 is 1.77 bits per heavy atom. The van der Waals surface area contributed by atoms with E-state index in [1.165, 1.54) is 19.3 Å². The highest BCUT2D eigenvalue weighted by Crippen LogP contribution is 2.28. The van der Waals surface area contributed by atoms with Gasteiger partial charge < -0.3 is 5.32 Å². The molecule has 0 spiro atoms. The van der Waals surface area contributed by atoms with Gasteiger partial charge in [0.2, 0.25) is 10.0 Å². The van der Waals surface area contributed by atoms with Gasteiger partial charge in [-0.1, -0.05) is 32.1 Å². The Morgan fingerprint density at radius 3 is 2.50 bits per heavy atom. The predicted octanol–water partition coefficient (Wildman–Crippen LogP) is 3.43. The summed E-state index contributed by atoms with van der Waals surface area (Å²) in [7, 11) is -3.40. The average Bonchev–Trinajstić information content (AvgIpc) is 2.80. The number of hydrogen-bond donors (Lipinski definition) is 2. The monoisotopic (exact) mass is 322 g/mol.